The Morgan fingerprint density at radius 1 is 1.71 bits per heavy atom. The molecule has 5 heteroatoms. The molecule has 1 fully saturated rings. The zero-order valence-corrected chi connectivity index (χ0v) is 8.23. The SMILES string of the molecule is CC(C)n1nccc1C1COC(=O)N1. The smallest absolute Gasteiger partial charge is 0.407 e. The topological polar surface area (TPSA) is 56.2 Å². The van der Waals surface area contributed by atoms with E-state index in [0.29, 0.717) is 6.61 Å². The number of carbonyl (C=O) groups is 1. The van der Waals surface area contributed by atoms with Crippen LogP contribution >= 0.6 is 0 Å². The number of amides is 1. The molecule has 0 aromatic carbocycles. The fourth-order valence-corrected chi connectivity index (χ4v) is 1.58. The van der Waals surface area contributed by atoms with E-state index in [2.05, 4.69) is 10.4 Å². The molecule has 1 aliphatic heterocycles. The molecule has 0 bridgehead atoms. The molecule has 1 saturated heterocycles. The highest BCUT2D eigenvalue weighted by Crippen LogP contribution is 2.20. The van der Waals surface area contributed by atoms with Crippen LogP contribution in [0.15, 0.2) is 12.3 Å². The van der Waals surface area contributed by atoms with Crippen LogP contribution in [0.25, 0.3) is 0 Å². The van der Waals surface area contributed by atoms with Crippen molar-refractivity contribution >= 4 is 6.09 Å². The van der Waals surface area contributed by atoms with Crippen molar-refractivity contribution in [3.8, 4) is 0 Å². The maximum Gasteiger partial charge on any atom is 0.407 e. The molecule has 0 saturated carbocycles. The van der Waals surface area contributed by atoms with Gasteiger partial charge in [0.2, 0.25) is 0 Å². The summed E-state index contributed by atoms with van der Waals surface area (Å²) in [6.07, 6.45) is 1.38. The van der Waals surface area contributed by atoms with Gasteiger partial charge in [-0.25, -0.2) is 4.79 Å². The van der Waals surface area contributed by atoms with Gasteiger partial charge in [-0.15, -0.1) is 0 Å². The first-order chi connectivity index (χ1) is 6.68. The zero-order valence-electron chi connectivity index (χ0n) is 8.23. The molecule has 76 valence electrons. The van der Waals surface area contributed by atoms with Crippen molar-refractivity contribution in [2.75, 3.05) is 6.61 Å². The van der Waals surface area contributed by atoms with Gasteiger partial charge in [0.05, 0.1) is 5.69 Å². The summed E-state index contributed by atoms with van der Waals surface area (Å²) < 4.78 is 6.72. The molecule has 2 heterocycles. The van der Waals surface area contributed by atoms with Crippen molar-refractivity contribution in [2.45, 2.75) is 25.9 Å². The Morgan fingerprint density at radius 3 is 3.07 bits per heavy atom. The molecule has 14 heavy (non-hydrogen) atoms. The van der Waals surface area contributed by atoms with Crippen LogP contribution in [-0.2, 0) is 4.74 Å². The number of hydrogen-bond donors (Lipinski definition) is 1. The van der Waals surface area contributed by atoms with Crippen molar-refractivity contribution in [1.82, 2.24) is 15.1 Å². The van der Waals surface area contributed by atoms with Crippen molar-refractivity contribution in [3.05, 3.63) is 18.0 Å². The third-order valence-corrected chi connectivity index (χ3v) is 2.22. The number of aromatic nitrogens is 2. The minimum absolute atomic E-state index is 0.0626. The summed E-state index contributed by atoms with van der Waals surface area (Å²) in [6.45, 7) is 4.49. The van der Waals surface area contributed by atoms with Gasteiger partial charge in [0.25, 0.3) is 0 Å². The third-order valence-electron chi connectivity index (χ3n) is 2.22. The van der Waals surface area contributed by atoms with Crippen LogP contribution in [-0.4, -0.2) is 22.5 Å². The average Bonchev–Trinajstić information content (AvgIpc) is 2.70. The van der Waals surface area contributed by atoms with Crippen LogP contribution in [0.2, 0.25) is 0 Å². The van der Waals surface area contributed by atoms with Crippen molar-refractivity contribution < 1.29 is 9.53 Å². The van der Waals surface area contributed by atoms with E-state index < -0.39 is 0 Å². The van der Waals surface area contributed by atoms with Gasteiger partial charge in [0, 0.05) is 12.2 Å². The van der Waals surface area contributed by atoms with E-state index in [1.807, 2.05) is 24.6 Å². The Kier molecular flexibility index (Phi) is 2.15. The van der Waals surface area contributed by atoms with E-state index >= 15 is 0 Å². The van der Waals surface area contributed by atoms with E-state index in [1.165, 1.54) is 0 Å². The van der Waals surface area contributed by atoms with Gasteiger partial charge in [0.1, 0.15) is 12.6 Å². The standard InChI is InChI=1S/C9H13N3O2/c1-6(2)12-8(3-4-10-12)7-5-14-9(13)11-7/h3-4,6-7H,5H2,1-2H3,(H,11,13). The van der Waals surface area contributed by atoms with Crippen LogP contribution in [0.1, 0.15) is 31.6 Å². The minimum atomic E-state index is -0.355. The first-order valence-electron chi connectivity index (χ1n) is 4.65. The lowest BCUT2D eigenvalue weighted by atomic mass is 10.2. The molecular formula is C9H13N3O2. The molecule has 1 aromatic rings. The fourth-order valence-electron chi connectivity index (χ4n) is 1.58. The van der Waals surface area contributed by atoms with E-state index in [0.717, 1.165) is 5.69 Å². The Labute approximate surface area is 82.0 Å². The average molecular weight is 195 g/mol. The Bertz CT molecular complexity index is 346. The summed E-state index contributed by atoms with van der Waals surface area (Å²) >= 11 is 0. The largest absolute Gasteiger partial charge is 0.447 e. The molecule has 0 radical (unpaired) electrons. The summed E-state index contributed by atoms with van der Waals surface area (Å²) in [4.78, 5) is 10.9. The van der Waals surface area contributed by atoms with Crippen LogP contribution in [0.5, 0.6) is 0 Å². The molecule has 5 nitrogen and oxygen atoms in total. The van der Waals surface area contributed by atoms with Gasteiger partial charge >= 0.3 is 6.09 Å². The van der Waals surface area contributed by atoms with Gasteiger partial charge in [-0.2, -0.15) is 5.10 Å². The fraction of sp³-hybridized carbons (Fsp3) is 0.556. The molecule has 1 aliphatic rings. The summed E-state index contributed by atoms with van der Waals surface area (Å²) in [7, 11) is 0. The zero-order chi connectivity index (χ0) is 10.1. The quantitative estimate of drug-likeness (QED) is 0.772. The predicted octanol–water partition coefficient (Wildman–Crippen LogP) is 1.24. The first-order valence-corrected chi connectivity index (χ1v) is 4.65. The van der Waals surface area contributed by atoms with Crippen molar-refractivity contribution in [3.63, 3.8) is 0 Å². The van der Waals surface area contributed by atoms with E-state index in [-0.39, 0.29) is 18.2 Å². The van der Waals surface area contributed by atoms with Crippen LogP contribution in [0.3, 0.4) is 0 Å². The van der Waals surface area contributed by atoms with Crippen LogP contribution in [0, 0.1) is 0 Å². The third kappa shape index (κ3) is 1.45. The molecule has 1 atom stereocenters. The lowest BCUT2D eigenvalue weighted by Gasteiger charge is -2.13. The summed E-state index contributed by atoms with van der Waals surface area (Å²) in [5.41, 5.74) is 0.992. The van der Waals surface area contributed by atoms with Gasteiger partial charge < -0.3 is 10.1 Å². The van der Waals surface area contributed by atoms with Gasteiger partial charge in [0.15, 0.2) is 0 Å². The highest BCUT2D eigenvalue weighted by molar-refractivity contribution is 5.69. The molecule has 1 aromatic heterocycles. The number of cyclic esters (lactones) is 1. The second kappa shape index (κ2) is 3.32. The van der Waals surface area contributed by atoms with Gasteiger partial charge in [-0.05, 0) is 19.9 Å². The number of ether oxygens (including phenoxy) is 1. The number of alkyl carbamates (subject to hydrolysis) is 1. The summed E-state index contributed by atoms with van der Waals surface area (Å²) in [5.74, 6) is 0. The number of nitrogens with zero attached hydrogens (tertiary/aromatic N) is 2. The Morgan fingerprint density at radius 2 is 2.50 bits per heavy atom. The number of rotatable bonds is 2. The van der Waals surface area contributed by atoms with Crippen molar-refractivity contribution in [1.29, 1.82) is 0 Å². The highest BCUT2D eigenvalue weighted by atomic mass is 16.6. The Hall–Kier alpha value is -1.52. The second-order valence-electron chi connectivity index (χ2n) is 3.59. The van der Waals surface area contributed by atoms with E-state index in [9.17, 15) is 4.79 Å². The normalized spacial score (nSPS) is 21.1. The van der Waals surface area contributed by atoms with Gasteiger partial charge in [-0.3, -0.25) is 4.68 Å². The van der Waals surface area contributed by atoms with Crippen molar-refractivity contribution in [2.24, 2.45) is 0 Å². The lowest BCUT2D eigenvalue weighted by Crippen LogP contribution is -2.22. The summed E-state index contributed by atoms with van der Waals surface area (Å²) in [5, 5.41) is 6.92. The van der Waals surface area contributed by atoms with Gasteiger partial charge in [-0.1, -0.05) is 0 Å². The van der Waals surface area contributed by atoms with Crippen LogP contribution < -0.4 is 5.32 Å². The number of nitrogens with one attached hydrogen (secondary N) is 1. The molecule has 1 N–H and O–H groups in total. The maximum absolute atomic E-state index is 10.9. The van der Waals surface area contributed by atoms with Crippen LogP contribution in [0.4, 0.5) is 4.79 Å². The van der Waals surface area contributed by atoms with E-state index in [1.54, 1.807) is 6.20 Å². The molecule has 2 rings (SSSR count). The number of carbonyl (C=O) groups excluding carboxylic acids is 1. The minimum Gasteiger partial charge on any atom is -0.447 e. The van der Waals surface area contributed by atoms with E-state index in [4.69, 9.17) is 4.74 Å². The molecule has 0 spiro atoms. The summed E-state index contributed by atoms with van der Waals surface area (Å²) in [6, 6.07) is 2.13. The monoisotopic (exact) mass is 195 g/mol. The predicted molar refractivity (Wildman–Crippen MR) is 49.8 cm³/mol. The molecule has 1 unspecified atom stereocenters. The maximum atomic E-state index is 10.9. The first kappa shape index (κ1) is 9.05. The number of hydrogen-bond acceptors (Lipinski definition) is 3. The molecule has 1 amide bonds. The highest BCUT2D eigenvalue weighted by Gasteiger charge is 2.26. The molecular weight excluding hydrogens is 182 g/mol. The molecule has 0 aliphatic carbocycles. The lowest BCUT2D eigenvalue weighted by molar-refractivity contribution is 0.176. The second-order valence-corrected chi connectivity index (χ2v) is 3.59. The Balaban J connectivity index is 2.23.